The summed E-state index contributed by atoms with van der Waals surface area (Å²) in [6, 6.07) is 2.42. The van der Waals surface area contributed by atoms with E-state index in [9.17, 15) is 9.18 Å². The fourth-order valence-corrected chi connectivity index (χ4v) is 1.93. The number of aliphatic carboxylic acids is 1. The highest BCUT2D eigenvalue weighted by molar-refractivity contribution is 6.31. The van der Waals surface area contributed by atoms with Crippen molar-refractivity contribution in [2.45, 2.75) is 32.2 Å². The second kappa shape index (κ2) is 5.98. The van der Waals surface area contributed by atoms with Gasteiger partial charge in [0.25, 0.3) is 0 Å². The van der Waals surface area contributed by atoms with Gasteiger partial charge in [-0.25, -0.2) is 4.39 Å². The largest absolute Gasteiger partial charge is 0.481 e. The molecule has 5 heteroatoms. The number of hydrogen-bond donors (Lipinski definition) is 2. The van der Waals surface area contributed by atoms with Gasteiger partial charge in [0.2, 0.25) is 0 Å². The van der Waals surface area contributed by atoms with Crippen molar-refractivity contribution in [2.24, 2.45) is 5.73 Å². The Labute approximate surface area is 104 Å². The molecule has 17 heavy (non-hydrogen) atoms. The van der Waals surface area contributed by atoms with E-state index in [0.717, 1.165) is 0 Å². The third-order valence-corrected chi connectivity index (χ3v) is 2.91. The van der Waals surface area contributed by atoms with E-state index in [1.165, 1.54) is 12.1 Å². The van der Waals surface area contributed by atoms with Gasteiger partial charge in [-0.05, 0) is 43.0 Å². The lowest BCUT2D eigenvalue weighted by Crippen LogP contribution is -2.12. The summed E-state index contributed by atoms with van der Waals surface area (Å²) in [5.41, 5.74) is 6.85. The molecule has 1 aromatic carbocycles. The molecule has 1 unspecified atom stereocenters. The van der Waals surface area contributed by atoms with Crippen LogP contribution in [-0.4, -0.2) is 11.1 Å². The highest BCUT2D eigenvalue weighted by Gasteiger charge is 2.13. The maximum atomic E-state index is 13.4. The van der Waals surface area contributed by atoms with E-state index in [4.69, 9.17) is 22.4 Å². The van der Waals surface area contributed by atoms with E-state index >= 15 is 0 Å². The van der Waals surface area contributed by atoms with Crippen molar-refractivity contribution in [1.29, 1.82) is 0 Å². The fourth-order valence-electron chi connectivity index (χ4n) is 1.57. The third-order valence-electron chi connectivity index (χ3n) is 2.58. The molecule has 1 atom stereocenters. The van der Waals surface area contributed by atoms with Crippen LogP contribution in [0.25, 0.3) is 0 Å². The Bertz CT molecular complexity index is 423. The molecule has 0 aliphatic carbocycles. The van der Waals surface area contributed by atoms with E-state index in [-0.39, 0.29) is 12.2 Å². The number of halogens is 2. The van der Waals surface area contributed by atoms with Crippen molar-refractivity contribution in [3.63, 3.8) is 0 Å². The van der Waals surface area contributed by atoms with Crippen LogP contribution in [0.15, 0.2) is 12.1 Å². The summed E-state index contributed by atoms with van der Waals surface area (Å²) in [6.45, 7) is 1.63. The standard InChI is InChI=1S/C12H15ClFNO2/c1-7-5-9(13)8(6-10(7)14)11(15)3-2-4-12(16)17/h5-6,11H,2-4,15H2,1H3,(H,16,17). The van der Waals surface area contributed by atoms with Crippen molar-refractivity contribution in [2.75, 3.05) is 0 Å². The highest BCUT2D eigenvalue weighted by Crippen LogP contribution is 2.27. The topological polar surface area (TPSA) is 63.3 Å². The van der Waals surface area contributed by atoms with E-state index in [0.29, 0.717) is 29.0 Å². The number of carboxylic acids is 1. The van der Waals surface area contributed by atoms with Crippen LogP contribution in [0.2, 0.25) is 5.02 Å². The van der Waals surface area contributed by atoms with Crippen LogP contribution >= 0.6 is 11.6 Å². The smallest absolute Gasteiger partial charge is 0.303 e. The molecule has 0 saturated carbocycles. The number of rotatable bonds is 5. The van der Waals surface area contributed by atoms with Gasteiger partial charge in [0, 0.05) is 17.5 Å². The summed E-state index contributed by atoms with van der Waals surface area (Å²) >= 11 is 5.97. The predicted molar refractivity (Wildman–Crippen MR) is 64.6 cm³/mol. The summed E-state index contributed by atoms with van der Waals surface area (Å²) < 4.78 is 13.4. The summed E-state index contributed by atoms with van der Waals surface area (Å²) in [6.07, 6.45) is 0.969. The average Bonchev–Trinajstić information content (AvgIpc) is 2.22. The van der Waals surface area contributed by atoms with Gasteiger partial charge in [0.05, 0.1) is 0 Å². The molecule has 0 aliphatic heterocycles. The molecule has 3 N–H and O–H groups in total. The first-order valence-electron chi connectivity index (χ1n) is 5.34. The fraction of sp³-hybridized carbons (Fsp3) is 0.417. The minimum Gasteiger partial charge on any atom is -0.481 e. The molecule has 0 bridgehead atoms. The molecular formula is C12H15ClFNO2. The molecule has 0 radical (unpaired) electrons. The molecule has 0 fully saturated rings. The van der Waals surface area contributed by atoms with Crippen molar-refractivity contribution in [3.05, 3.63) is 34.1 Å². The van der Waals surface area contributed by atoms with Crippen molar-refractivity contribution < 1.29 is 14.3 Å². The number of carbonyl (C=O) groups is 1. The van der Waals surface area contributed by atoms with Crippen LogP contribution < -0.4 is 5.73 Å². The number of hydrogen-bond acceptors (Lipinski definition) is 2. The van der Waals surface area contributed by atoms with Crippen LogP contribution in [-0.2, 0) is 4.79 Å². The number of nitrogens with two attached hydrogens (primary N) is 1. The second-order valence-electron chi connectivity index (χ2n) is 4.02. The van der Waals surface area contributed by atoms with Crippen LogP contribution in [0, 0.1) is 12.7 Å². The van der Waals surface area contributed by atoms with E-state index in [1.54, 1.807) is 6.92 Å². The summed E-state index contributed by atoms with van der Waals surface area (Å²) in [5, 5.41) is 8.93. The van der Waals surface area contributed by atoms with Crippen LogP contribution in [0.5, 0.6) is 0 Å². The van der Waals surface area contributed by atoms with Gasteiger partial charge in [0.1, 0.15) is 5.82 Å². The Kier molecular flexibility index (Phi) is 4.90. The lowest BCUT2D eigenvalue weighted by molar-refractivity contribution is -0.137. The minimum absolute atomic E-state index is 0.0552. The zero-order valence-electron chi connectivity index (χ0n) is 9.54. The summed E-state index contributed by atoms with van der Waals surface area (Å²) in [7, 11) is 0. The molecule has 0 heterocycles. The number of carboxylic acid groups (broad SMARTS) is 1. The number of aryl methyl sites for hydroxylation is 1. The SMILES string of the molecule is Cc1cc(Cl)c(C(N)CCCC(=O)O)cc1F. The molecule has 0 saturated heterocycles. The molecule has 0 spiro atoms. The molecular weight excluding hydrogens is 245 g/mol. The zero-order valence-corrected chi connectivity index (χ0v) is 10.3. The lowest BCUT2D eigenvalue weighted by atomic mass is 10.0. The Balaban J connectivity index is 2.71. The Morgan fingerprint density at radius 2 is 2.24 bits per heavy atom. The average molecular weight is 260 g/mol. The quantitative estimate of drug-likeness (QED) is 0.854. The second-order valence-corrected chi connectivity index (χ2v) is 4.42. The van der Waals surface area contributed by atoms with Crippen molar-refractivity contribution >= 4 is 17.6 Å². The first kappa shape index (κ1) is 13.9. The van der Waals surface area contributed by atoms with Gasteiger partial charge < -0.3 is 10.8 Å². The van der Waals surface area contributed by atoms with Gasteiger partial charge in [-0.3, -0.25) is 4.79 Å². The summed E-state index contributed by atoms with van der Waals surface area (Å²) in [5.74, 6) is -1.21. The zero-order chi connectivity index (χ0) is 13.0. The Morgan fingerprint density at radius 1 is 1.59 bits per heavy atom. The number of benzene rings is 1. The molecule has 1 aromatic rings. The monoisotopic (exact) mass is 259 g/mol. The van der Waals surface area contributed by atoms with Crippen LogP contribution in [0.4, 0.5) is 4.39 Å². The Morgan fingerprint density at radius 3 is 2.82 bits per heavy atom. The van der Waals surface area contributed by atoms with E-state index in [1.807, 2.05) is 0 Å². The highest BCUT2D eigenvalue weighted by atomic mass is 35.5. The molecule has 0 amide bonds. The van der Waals surface area contributed by atoms with Gasteiger partial charge in [-0.2, -0.15) is 0 Å². The van der Waals surface area contributed by atoms with Crippen LogP contribution in [0.1, 0.15) is 36.4 Å². The molecule has 0 aliphatic rings. The van der Waals surface area contributed by atoms with Crippen LogP contribution in [0.3, 0.4) is 0 Å². The molecule has 1 rings (SSSR count). The van der Waals surface area contributed by atoms with Gasteiger partial charge in [0.15, 0.2) is 0 Å². The van der Waals surface area contributed by atoms with Gasteiger partial charge in [-0.1, -0.05) is 11.6 Å². The lowest BCUT2D eigenvalue weighted by Gasteiger charge is -2.14. The molecule has 0 aromatic heterocycles. The van der Waals surface area contributed by atoms with Gasteiger partial charge in [-0.15, -0.1) is 0 Å². The third kappa shape index (κ3) is 3.98. The first-order chi connectivity index (χ1) is 7.91. The van der Waals surface area contributed by atoms with Gasteiger partial charge >= 0.3 is 5.97 Å². The first-order valence-corrected chi connectivity index (χ1v) is 5.72. The van der Waals surface area contributed by atoms with E-state index in [2.05, 4.69) is 0 Å². The van der Waals surface area contributed by atoms with Crippen molar-refractivity contribution in [1.82, 2.24) is 0 Å². The Hall–Kier alpha value is -1.13. The van der Waals surface area contributed by atoms with E-state index < -0.39 is 12.0 Å². The maximum absolute atomic E-state index is 13.4. The molecule has 94 valence electrons. The maximum Gasteiger partial charge on any atom is 0.303 e. The predicted octanol–water partition coefficient (Wildman–Crippen LogP) is 3.04. The summed E-state index contributed by atoms with van der Waals surface area (Å²) in [4.78, 5) is 10.4. The normalized spacial score (nSPS) is 12.5. The minimum atomic E-state index is -0.863. The van der Waals surface area contributed by atoms with Crippen molar-refractivity contribution in [3.8, 4) is 0 Å². The molecule has 3 nitrogen and oxygen atoms in total.